The Bertz CT molecular complexity index is 475. The van der Waals surface area contributed by atoms with E-state index in [0.29, 0.717) is 26.1 Å². The van der Waals surface area contributed by atoms with Gasteiger partial charge in [-0.25, -0.2) is 0 Å². The van der Waals surface area contributed by atoms with Crippen LogP contribution in [0, 0.1) is 5.92 Å². The number of carbonyl (C=O) groups excluding carboxylic acids is 2. The number of amides is 1. The van der Waals surface area contributed by atoms with Crippen LogP contribution in [-0.2, 0) is 25.5 Å². The van der Waals surface area contributed by atoms with E-state index >= 15 is 0 Å². The number of hydrogen-bond donors (Lipinski definition) is 0. The van der Waals surface area contributed by atoms with E-state index < -0.39 is 0 Å². The van der Waals surface area contributed by atoms with Gasteiger partial charge in [-0.15, -0.1) is 11.3 Å². The molecule has 1 amide bonds. The summed E-state index contributed by atoms with van der Waals surface area (Å²) in [6.45, 7) is 6.29. The summed E-state index contributed by atoms with van der Waals surface area (Å²) in [5.74, 6) is -0.576. The van der Waals surface area contributed by atoms with Crippen LogP contribution in [0.2, 0.25) is 0 Å². The maximum atomic E-state index is 12.6. The van der Waals surface area contributed by atoms with Gasteiger partial charge in [-0.05, 0) is 24.3 Å². The van der Waals surface area contributed by atoms with Crippen molar-refractivity contribution in [2.75, 3.05) is 33.4 Å². The fraction of sp³-hybridized carbons (Fsp3) is 0.667. The van der Waals surface area contributed by atoms with Crippen LogP contribution in [0.3, 0.4) is 0 Å². The van der Waals surface area contributed by atoms with Gasteiger partial charge in [0.1, 0.15) is 0 Å². The van der Waals surface area contributed by atoms with Crippen LogP contribution in [0.1, 0.15) is 38.0 Å². The highest BCUT2D eigenvalue weighted by atomic mass is 32.1. The average Bonchev–Trinajstić information content (AvgIpc) is 3.08. The second kappa shape index (κ2) is 12.0. The predicted molar refractivity (Wildman–Crippen MR) is 96.1 cm³/mol. The molecule has 0 saturated carbocycles. The molecule has 136 valence electrons. The first-order chi connectivity index (χ1) is 11.6. The van der Waals surface area contributed by atoms with Crippen LogP contribution in [0.15, 0.2) is 17.5 Å². The molecule has 24 heavy (non-hydrogen) atoms. The molecule has 0 aliphatic carbocycles. The molecule has 1 atom stereocenters. The Hall–Kier alpha value is -1.40. The van der Waals surface area contributed by atoms with Gasteiger partial charge in [-0.1, -0.05) is 26.3 Å². The summed E-state index contributed by atoms with van der Waals surface area (Å²) in [6, 6.07) is 3.90. The molecule has 0 aliphatic rings. The third-order valence-electron chi connectivity index (χ3n) is 3.71. The molecule has 0 aliphatic heterocycles. The van der Waals surface area contributed by atoms with Gasteiger partial charge < -0.3 is 14.4 Å². The number of unbranched alkanes of at least 4 members (excludes halogenated alkanes) is 1. The number of methoxy groups -OCH3 is 1. The Morgan fingerprint density at radius 3 is 2.67 bits per heavy atom. The van der Waals surface area contributed by atoms with E-state index in [1.807, 2.05) is 17.5 Å². The molecular weight excluding hydrogens is 326 g/mol. The van der Waals surface area contributed by atoms with Crippen molar-refractivity contribution in [2.45, 2.75) is 39.5 Å². The predicted octanol–water partition coefficient (Wildman–Crippen LogP) is 3.14. The van der Waals surface area contributed by atoms with Crippen LogP contribution in [0.4, 0.5) is 0 Å². The quantitative estimate of drug-likeness (QED) is 0.427. The molecule has 1 heterocycles. The van der Waals surface area contributed by atoms with Crippen molar-refractivity contribution >= 4 is 23.2 Å². The van der Waals surface area contributed by atoms with Crippen LogP contribution < -0.4 is 0 Å². The van der Waals surface area contributed by atoms with Gasteiger partial charge in [-0.2, -0.15) is 0 Å². The van der Waals surface area contributed by atoms with Crippen LogP contribution in [0.25, 0.3) is 0 Å². The normalized spacial score (nSPS) is 12.0. The van der Waals surface area contributed by atoms with Crippen molar-refractivity contribution in [1.82, 2.24) is 4.90 Å². The monoisotopic (exact) mass is 355 g/mol. The SMILES string of the molecule is CCCCOCCCN(CC(C)C(=O)OC)C(=O)Cc1cccs1. The van der Waals surface area contributed by atoms with E-state index in [0.717, 1.165) is 30.7 Å². The molecular formula is C18H29NO4S. The number of rotatable bonds is 12. The number of esters is 1. The first-order valence-electron chi connectivity index (χ1n) is 8.54. The Morgan fingerprint density at radius 1 is 1.29 bits per heavy atom. The lowest BCUT2D eigenvalue weighted by Crippen LogP contribution is -2.39. The van der Waals surface area contributed by atoms with Gasteiger partial charge in [-0.3, -0.25) is 9.59 Å². The Morgan fingerprint density at radius 2 is 2.04 bits per heavy atom. The highest BCUT2D eigenvalue weighted by Crippen LogP contribution is 2.12. The Labute approximate surface area is 148 Å². The van der Waals surface area contributed by atoms with Gasteiger partial charge in [0.25, 0.3) is 0 Å². The van der Waals surface area contributed by atoms with E-state index in [9.17, 15) is 9.59 Å². The fourth-order valence-corrected chi connectivity index (χ4v) is 3.00. The summed E-state index contributed by atoms with van der Waals surface area (Å²) >= 11 is 1.57. The number of hydrogen-bond acceptors (Lipinski definition) is 5. The molecule has 0 aromatic carbocycles. The molecule has 6 heteroatoms. The van der Waals surface area contributed by atoms with Gasteiger partial charge in [0.15, 0.2) is 0 Å². The van der Waals surface area contributed by atoms with Gasteiger partial charge in [0, 0.05) is 31.2 Å². The van der Waals surface area contributed by atoms with Crippen molar-refractivity contribution < 1.29 is 19.1 Å². The first kappa shape index (κ1) is 20.6. The highest BCUT2D eigenvalue weighted by Gasteiger charge is 2.21. The molecule has 5 nitrogen and oxygen atoms in total. The number of thiophene rings is 1. The molecule has 0 saturated heterocycles. The average molecular weight is 356 g/mol. The van der Waals surface area contributed by atoms with Crippen molar-refractivity contribution in [3.05, 3.63) is 22.4 Å². The first-order valence-corrected chi connectivity index (χ1v) is 9.42. The molecule has 0 N–H and O–H groups in total. The second-order valence-electron chi connectivity index (χ2n) is 5.84. The zero-order valence-electron chi connectivity index (χ0n) is 15.0. The Kier molecular flexibility index (Phi) is 10.4. The van der Waals surface area contributed by atoms with Crippen molar-refractivity contribution in [2.24, 2.45) is 5.92 Å². The lowest BCUT2D eigenvalue weighted by Gasteiger charge is -2.25. The summed E-state index contributed by atoms with van der Waals surface area (Å²) in [6.07, 6.45) is 3.32. The van der Waals surface area contributed by atoms with Crippen LogP contribution in [-0.4, -0.2) is 50.2 Å². The van der Waals surface area contributed by atoms with Crippen molar-refractivity contribution in [1.29, 1.82) is 0 Å². The summed E-state index contributed by atoms with van der Waals surface area (Å²) in [4.78, 5) is 27.0. The number of carbonyl (C=O) groups is 2. The standard InChI is InChI=1S/C18H29NO4S/c1-4-5-10-23-11-7-9-19(14-15(2)18(21)22-3)17(20)13-16-8-6-12-24-16/h6,8,12,15H,4-5,7,9-11,13-14H2,1-3H3. The van der Waals surface area contributed by atoms with Crippen molar-refractivity contribution in [3.8, 4) is 0 Å². The zero-order chi connectivity index (χ0) is 17.8. The van der Waals surface area contributed by atoms with E-state index in [-0.39, 0.29) is 17.8 Å². The highest BCUT2D eigenvalue weighted by molar-refractivity contribution is 7.10. The van der Waals surface area contributed by atoms with E-state index in [1.54, 1.807) is 23.2 Å². The maximum absolute atomic E-state index is 12.6. The maximum Gasteiger partial charge on any atom is 0.310 e. The topological polar surface area (TPSA) is 55.8 Å². The summed E-state index contributed by atoms with van der Waals surface area (Å²) in [5.41, 5.74) is 0. The smallest absolute Gasteiger partial charge is 0.310 e. The number of nitrogens with zero attached hydrogens (tertiary/aromatic N) is 1. The minimum atomic E-state index is -0.330. The van der Waals surface area contributed by atoms with Gasteiger partial charge in [0.2, 0.25) is 5.91 Å². The van der Waals surface area contributed by atoms with Crippen LogP contribution >= 0.6 is 11.3 Å². The third-order valence-corrected chi connectivity index (χ3v) is 4.59. The van der Waals surface area contributed by atoms with Gasteiger partial charge >= 0.3 is 5.97 Å². The third kappa shape index (κ3) is 7.93. The second-order valence-corrected chi connectivity index (χ2v) is 6.87. The summed E-state index contributed by atoms with van der Waals surface area (Å²) < 4.78 is 10.3. The summed E-state index contributed by atoms with van der Waals surface area (Å²) in [7, 11) is 1.37. The molecule has 0 fully saturated rings. The molecule has 0 spiro atoms. The van der Waals surface area contributed by atoms with Gasteiger partial charge in [0.05, 0.1) is 19.4 Å². The van der Waals surface area contributed by atoms with Crippen LogP contribution in [0.5, 0.6) is 0 Å². The lowest BCUT2D eigenvalue weighted by molar-refractivity contribution is -0.146. The molecule has 0 bridgehead atoms. The van der Waals surface area contributed by atoms with Crippen molar-refractivity contribution in [3.63, 3.8) is 0 Å². The minimum Gasteiger partial charge on any atom is -0.469 e. The largest absolute Gasteiger partial charge is 0.469 e. The van der Waals surface area contributed by atoms with E-state index in [1.165, 1.54) is 7.11 Å². The van der Waals surface area contributed by atoms with E-state index in [2.05, 4.69) is 6.92 Å². The van der Waals surface area contributed by atoms with E-state index in [4.69, 9.17) is 9.47 Å². The lowest BCUT2D eigenvalue weighted by atomic mass is 10.1. The molecule has 1 rings (SSSR count). The molecule has 1 aromatic rings. The molecule has 0 radical (unpaired) electrons. The number of ether oxygens (including phenoxy) is 2. The minimum absolute atomic E-state index is 0.0433. The molecule has 1 unspecified atom stereocenters. The summed E-state index contributed by atoms with van der Waals surface area (Å²) in [5, 5.41) is 1.96. The zero-order valence-corrected chi connectivity index (χ0v) is 15.8. The fourth-order valence-electron chi connectivity index (χ4n) is 2.30. The Balaban J connectivity index is 2.51. The molecule has 1 aromatic heterocycles.